The molecular weight excluding hydrogens is 391 g/mol. The van der Waals surface area contributed by atoms with Crippen LogP contribution in [-0.2, 0) is 15.7 Å². The Balaban J connectivity index is 2.28. The van der Waals surface area contributed by atoms with Crippen molar-refractivity contribution < 1.29 is 37.0 Å². The van der Waals surface area contributed by atoms with E-state index in [1.165, 1.54) is 51.7 Å². The Hall–Kier alpha value is -3.49. The molecule has 0 aromatic heterocycles. The van der Waals surface area contributed by atoms with Crippen LogP contribution < -0.4 is 14.8 Å². The van der Waals surface area contributed by atoms with Gasteiger partial charge in [0.25, 0.3) is 0 Å². The summed E-state index contributed by atoms with van der Waals surface area (Å²) in [4.78, 5) is 24.2. The number of carbonyl (C=O) groups is 2. The number of alkyl halides is 3. The molecule has 0 radical (unpaired) electrons. The zero-order chi connectivity index (χ0) is 21.6. The van der Waals surface area contributed by atoms with Crippen molar-refractivity contribution in [2.24, 2.45) is 0 Å². The topological polar surface area (TPSA) is 73.9 Å². The van der Waals surface area contributed by atoms with E-state index in [9.17, 15) is 22.8 Å². The van der Waals surface area contributed by atoms with Gasteiger partial charge in [-0.2, -0.15) is 13.2 Å². The van der Waals surface area contributed by atoms with Gasteiger partial charge >= 0.3 is 12.1 Å². The number of rotatable bonds is 6. The molecule has 0 aliphatic heterocycles. The summed E-state index contributed by atoms with van der Waals surface area (Å²) in [5.41, 5.74) is -0.525. The van der Waals surface area contributed by atoms with Crippen LogP contribution in [0.4, 0.5) is 18.9 Å². The normalized spacial score (nSPS) is 11.2. The van der Waals surface area contributed by atoms with Crippen LogP contribution in [0.3, 0.4) is 0 Å². The number of esters is 1. The molecular formula is C20H18F3NO5. The molecule has 0 saturated heterocycles. The van der Waals surface area contributed by atoms with Gasteiger partial charge in [0, 0.05) is 18.2 Å². The van der Waals surface area contributed by atoms with E-state index in [1.807, 2.05) is 0 Å². The monoisotopic (exact) mass is 409 g/mol. The lowest BCUT2D eigenvalue weighted by molar-refractivity contribution is -0.137. The van der Waals surface area contributed by atoms with Gasteiger partial charge in [-0.05, 0) is 23.8 Å². The quantitative estimate of drug-likeness (QED) is 0.573. The number of methoxy groups -OCH3 is 3. The lowest BCUT2D eigenvalue weighted by Gasteiger charge is -2.14. The van der Waals surface area contributed by atoms with E-state index in [0.29, 0.717) is 0 Å². The lowest BCUT2D eigenvalue weighted by atomic mass is 10.1. The van der Waals surface area contributed by atoms with Gasteiger partial charge in [-0.3, -0.25) is 4.79 Å². The molecule has 0 aliphatic rings. The fraction of sp³-hybridized carbons (Fsp3) is 0.200. The Morgan fingerprint density at radius 2 is 1.66 bits per heavy atom. The van der Waals surface area contributed by atoms with Crippen LogP contribution in [0.25, 0.3) is 6.08 Å². The van der Waals surface area contributed by atoms with E-state index in [2.05, 4.69) is 5.32 Å². The highest BCUT2D eigenvalue weighted by molar-refractivity contribution is 6.07. The molecule has 0 aliphatic carbocycles. The van der Waals surface area contributed by atoms with Gasteiger partial charge in [0.15, 0.2) is 11.5 Å². The van der Waals surface area contributed by atoms with Crippen LogP contribution in [0, 0.1) is 0 Å². The third-order valence-electron chi connectivity index (χ3n) is 3.83. The van der Waals surface area contributed by atoms with Crippen molar-refractivity contribution >= 4 is 23.6 Å². The number of amides is 1. The van der Waals surface area contributed by atoms with Crippen LogP contribution in [0.1, 0.15) is 21.5 Å². The van der Waals surface area contributed by atoms with E-state index in [0.717, 1.165) is 18.2 Å². The molecule has 0 saturated carbocycles. The number of carbonyl (C=O) groups excluding carboxylic acids is 2. The number of hydrogen-bond donors (Lipinski definition) is 1. The van der Waals surface area contributed by atoms with Crippen LogP contribution in [-0.4, -0.2) is 33.2 Å². The second kappa shape index (κ2) is 9.13. The number of hydrogen-bond acceptors (Lipinski definition) is 5. The summed E-state index contributed by atoms with van der Waals surface area (Å²) in [7, 11) is 3.95. The van der Waals surface area contributed by atoms with Crippen molar-refractivity contribution in [1.29, 1.82) is 0 Å². The van der Waals surface area contributed by atoms with Gasteiger partial charge < -0.3 is 19.5 Å². The second-order valence-corrected chi connectivity index (χ2v) is 5.69. The standard InChI is InChI=1S/C20H18F3NO5/c1-27-16-10-14(19(26)29-3)15(11-17(16)28-2)24-18(25)8-7-12-5-4-6-13(9-12)20(21,22)23/h4-11H,1-3H3,(H,24,25)/b8-7+. The molecule has 1 N–H and O–H groups in total. The van der Waals surface area contributed by atoms with E-state index < -0.39 is 23.6 Å². The summed E-state index contributed by atoms with van der Waals surface area (Å²) >= 11 is 0. The molecule has 6 nitrogen and oxygen atoms in total. The molecule has 2 rings (SSSR count). The van der Waals surface area contributed by atoms with Crippen molar-refractivity contribution in [3.8, 4) is 11.5 Å². The number of halogens is 3. The summed E-state index contributed by atoms with van der Waals surface area (Å²) in [5, 5.41) is 2.48. The number of ether oxygens (including phenoxy) is 3. The lowest BCUT2D eigenvalue weighted by Crippen LogP contribution is -2.13. The van der Waals surface area contributed by atoms with Gasteiger partial charge in [0.05, 0.1) is 38.1 Å². The van der Waals surface area contributed by atoms with Gasteiger partial charge in [0.1, 0.15) is 0 Å². The zero-order valence-electron chi connectivity index (χ0n) is 15.8. The fourth-order valence-corrected chi connectivity index (χ4v) is 2.43. The fourth-order valence-electron chi connectivity index (χ4n) is 2.43. The molecule has 0 unspecified atom stereocenters. The van der Waals surface area contributed by atoms with E-state index in [4.69, 9.17) is 14.2 Å². The third kappa shape index (κ3) is 5.50. The molecule has 29 heavy (non-hydrogen) atoms. The Morgan fingerprint density at radius 3 is 2.24 bits per heavy atom. The predicted molar refractivity (Wildman–Crippen MR) is 100.0 cm³/mol. The largest absolute Gasteiger partial charge is 0.493 e. The molecule has 9 heteroatoms. The SMILES string of the molecule is COC(=O)c1cc(OC)c(OC)cc1NC(=O)/C=C/c1cccc(C(F)(F)F)c1. The Morgan fingerprint density at radius 1 is 1.00 bits per heavy atom. The number of nitrogens with one attached hydrogen (secondary N) is 1. The highest BCUT2D eigenvalue weighted by Crippen LogP contribution is 2.34. The first-order valence-electron chi connectivity index (χ1n) is 8.20. The van der Waals surface area contributed by atoms with Crippen LogP contribution >= 0.6 is 0 Å². The molecule has 0 fully saturated rings. The van der Waals surface area contributed by atoms with Gasteiger partial charge in [-0.1, -0.05) is 12.1 Å². The Bertz CT molecular complexity index is 938. The molecule has 2 aromatic rings. The minimum Gasteiger partial charge on any atom is -0.493 e. The average Bonchev–Trinajstić information content (AvgIpc) is 2.70. The third-order valence-corrected chi connectivity index (χ3v) is 3.83. The zero-order valence-corrected chi connectivity index (χ0v) is 15.8. The van der Waals surface area contributed by atoms with Crippen LogP contribution in [0.5, 0.6) is 11.5 Å². The van der Waals surface area contributed by atoms with Gasteiger partial charge in [0.2, 0.25) is 5.91 Å². The number of benzene rings is 2. The maximum atomic E-state index is 12.8. The minimum absolute atomic E-state index is 0.0194. The van der Waals surface area contributed by atoms with Gasteiger partial charge in [-0.15, -0.1) is 0 Å². The van der Waals surface area contributed by atoms with Crippen molar-refractivity contribution in [3.05, 3.63) is 59.2 Å². The summed E-state index contributed by atoms with van der Waals surface area (Å²) in [6.45, 7) is 0. The van der Waals surface area contributed by atoms with Crippen molar-refractivity contribution in [2.45, 2.75) is 6.18 Å². The van der Waals surface area contributed by atoms with E-state index >= 15 is 0 Å². The Kier molecular flexibility index (Phi) is 6.87. The van der Waals surface area contributed by atoms with Gasteiger partial charge in [-0.25, -0.2) is 4.79 Å². The molecule has 0 spiro atoms. The molecule has 2 aromatic carbocycles. The minimum atomic E-state index is -4.48. The maximum absolute atomic E-state index is 12.8. The summed E-state index contributed by atoms with van der Waals surface area (Å²) in [5.74, 6) is -0.870. The first-order chi connectivity index (χ1) is 13.7. The average molecular weight is 409 g/mol. The van der Waals surface area contributed by atoms with Crippen molar-refractivity contribution in [2.75, 3.05) is 26.6 Å². The summed E-state index contributed by atoms with van der Waals surface area (Å²) in [6.07, 6.45) is -2.21. The second-order valence-electron chi connectivity index (χ2n) is 5.69. The molecule has 0 atom stereocenters. The van der Waals surface area contributed by atoms with Crippen LogP contribution in [0.15, 0.2) is 42.5 Å². The highest BCUT2D eigenvalue weighted by atomic mass is 19.4. The maximum Gasteiger partial charge on any atom is 0.416 e. The highest BCUT2D eigenvalue weighted by Gasteiger charge is 2.30. The predicted octanol–water partition coefficient (Wildman–Crippen LogP) is 4.16. The number of anilines is 1. The summed E-state index contributed by atoms with van der Waals surface area (Å²) < 4.78 is 53.3. The summed E-state index contributed by atoms with van der Waals surface area (Å²) in [6, 6.07) is 7.24. The van der Waals surface area contributed by atoms with Crippen molar-refractivity contribution in [3.63, 3.8) is 0 Å². The first kappa shape index (κ1) is 21.8. The smallest absolute Gasteiger partial charge is 0.416 e. The molecule has 0 heterocycles. The van der Waals surface area contributed by atoms with Crippen LogP contribution in [0.2, 0.25) is 0 Å². The first-order valence-corrected chi connectivity index (χ1v) is 8.20. The van der Waals surface area contributed by atoms with E-state index in [-0.39, 0.29) is 28.3 Å². The van der Waals surface area contributed by atoms with E-state index in [1.54, 1.807) is 0 Å². The molecule has 154 valence electrons. The van der Waals surface area contributed by atoms with Crippen molar-refractivity contribution in [1.82, 2.24) is 0 Å². The Labute approximate surface area is 164 Å². The molecule has 1 amide bonds. The molecule has 0 bridgehead atoms.